The Labute approximate surface area is 53.7 Å². The van der Waals surface area contributed by atoms with E-state index in [2.05, 4.69) is 5.32 Å². The van der Waals surface area contributed by atoms with E-state index in [1.807, 2.05) is 6.07 Å². The zero-order valence-electron chi connectivity index (χ0n) is 5.32. The molecule has 0 spiro atoms. The molecule has 1 unspecified atom stereocenters. The van der Waals surface area contributed by atoms with Crippen LogP contribution >= 0.6 is 0 Å². The molecule has 50 valence electrons. The van der Waals surface area contributed by atoms with Crippen molar-refractivity contribution in [3.63, 3.8) is 0 Å². The van der Waals surface area contributed by atoms with E-state index in [9.17, 15) is 4.39 Å². The Hall–Kier alpha value is -0.620. The SMILES string of the molecule is CC1(F)CN[C@H](C#N)C1. The summed E-state index contributed by atoms with van der Waals surface area (Å²) in [4.78, 5) is 0. The van der Waals surface area contributed by atoms with Gasteiger partial charge in [0.15, 0.2) is 0 Å². The standard InChI is InChI=1S/C6H9FN2/c1-6(7)2-5(3-8)9-4-6/h5,9H,2,4H2,1H3/t5-,6?/m0/s1. The average molecular weight is 128 g/mol. The van der Waals surface area contributed by atoms with Gasteiger partial charge in [0, 0.05) is 13.0 Å². The first-order valence-corrected chi connectivity index (χ1v) is 2.96. The summed E-state index contributed by atoms with van der Waals surface area (Å²) >= 11 is 0. The van der Waals surface area contributed by atoms with Crippen molar-refractivity contribution in [2.75, 3.05) is 6.54 Å². The van der Waals surface area contributed by atoms with Gasteiger partial charge in [-0.05, 0) is 6.92 Å². The Kier molecular flexibility index (Phi) is 1.42. The molecule has 0 radical (unpaired) electrons. The smallest absolute Gasteiger partial charge is 0.123 e. The van der Waals surface area contributed by atoms with E-state index in [4.69, 9.17) is 5.26 Å². The maximum absolute atomic E-state index is 12.8. The van der Waals surface area contributed by atoms with Gasteiger partial charge in [-0.1, -0.05) is 0 Å². The second-order valence-corrected chi connectivity index (χ2v) is 2.68. The number of hydrogen-bond donors (Lipinski definition) is 1. The Bertz CT molecular complexity index is 148. The van der Waals surface area contributed by atoms with Gasteiger partial charge in [-0.15, -0.1) is 0 Å². The molecule has 2 nitrogen and oxygen atoms in total. The number of alkyl halides is 1. The summed E-state index contributed by atoms with van der Waals surface area (Å²) in [6, 6.07) is 1.69. The zero-order valence-corrected chi connectivity index (χ0v) is 5.32. The van der Waals surface area contributed by atoms with Crippen molar-refractivity contribution in [1.29, 1.82) is 5.26 Å². The molecule has 9 heavy (non-hydrogen) atoms. The fourth-order valence-corrected chi connectivity index (χ4v) is 0.997. The Morgan fingerprint density at radius 3 is 2.78 bits per heavy atom. The van der Waals surface area contributed by atoms with Crippen LogP contribution in [0.1, 0.15) is 13.3 Å². The van der Waals surface area contributed by atoms with Gasteiger partial charge in [0.1, 0.15) is 5.67 Å². The lowest BCUT2D eigenvalue weighted by molar-refractivity contribution is 0.216. The number of nitrogens with one attached hydrogen (secondary N) is 1. The van der Waals surface area contributed by atoms with E-state index >= 15 is 0 Å². The average Bonchev–Trinajstić information content (AvgIpc) is 2.10. The fourth-order valence-electron chi connectivity index (χ4n) is 0.997. The van der Waals surface area contributed by atoms with Crippen LogP contribution in [0.15, 0.2) is 0 Å². The highest BCUT2D eigenvalue weighted by Gasteiger charge is 2.34. The molecule has 1 saturated heterocycles. The van der Waals surface area contributed by atoms with E-state index in [0.29, 0.717) is 13.0 Å². The van der Waals surface area contributed by atoms with Crippen molar-refractivity contribution in [3.05, 3.63) is 0 Å². The lowest BCUT2D eigenvalue weighted by Gasteiger charge is -2.07. The van der Waals surface area contributed by atoms with Crippen molar-refractivity contribution in [1.82, 2.24) is 5.32 Å². The largest absolute Gasteiger partial charge is 0.299 e. The van der Waals surface area contributed by atoms with Gasteiger partial charge in [0.25, 0.3) is 0 Å². The molecule has 0 amide bonds. The van der Waals surface area contributed by atoms with Crippen LogP contribution in [0, 0.1) is 11.3 Å². The predicted molar refractivity (Wildman–Crippen MR) is 31.5 cm³/mol. The molecule has 0 aromatic heterocycles. The Morgan fingerprint density at radius 1 is 1.89 bits per heavy atom. The maximum atomic E-state index is 12.8. The minimum Gasteiger partial charge on any atom is -0.299 e. The third-order valence-electron chi connectivity index (χ3n) is 1.50. The van der Waals surface area contributed by atoms with Crippen molar-refractivity contribution >= 4 is 0 Å². The highest BCUT2D eigenvalue weighted by atomic mass is 19.1. The first-order valence-electron chi connectivity index (χ1n) is 2.96. The number of nitriles is 1. The summed E-state index contributed by atoms with van der Waals surface area (Å²) in [5.41, 5.74) is -1.17. The topological polar surface area (TPSA) is 35.8 Å². The summed E-state index contributed by atoms with van der Waals surface area (Å²) in [5, 5.41) is 11.1. The van der Waals surface area contributed by atoms with Crippen LogP contribution in [-0.4, -0.2) is 18.3 Å². The third kappa shape index (κ3) is 1.39. The van der Waals surface area contributed by atoms with Gasteiger partial charge >= 0.3 is 0 Å². The number of rotatable bonds is 0. The van der Waals surface area contributed by atoms with E-state index in [-0.39, 0.29) is 6.04 Å². The monoisotopic (exact) mass is 128 g/mol. The Balaban J connectivity index is 2.50. The summed E-state index contributed by atoms with van der Waals surface area (Å²) in [5.74, 6) is 0. The van der Waals surface area contributed by atoms with Crippen molar-refractivity contribution in [3.8, 4) is 6.07 Å². The lowest BCUT2D eigenvalue weighted by atomic mass is 10.1. The number of hydrogen-bond acceptors (Lipinski definition) is 2. The van der Waals surface area contributed by atoms with Crippen molar-refractivity contribution < 1.29 is 4.39 Å². The molecule has 0 bridgehead atoms. The van der Waals surface area contributed by atoms with E-state index in [0.717, 1.165) is 0 Å². The molecule has 1 rings (SSSR count). The highest BCUT2D eigenvalue weighted by Crippen LogP contribution is 2.21. The van der Waals surface area contributed by atoms with Crippen LogP contribution in [0.25, 0.3) is 0 Å². The molecule has 1 aliphatic heterocycles. The van der Waals surface area contributed by atoms with Crippen LogP contribution in [-0.2, 0) is 0 Å². The molecule has 1 aliphatic rings. The van der Waals surface area contributed by atoms with Gasteiger partial charge in [0.2, 0.25) is 0 Å². The summed E-state index contributed by atoms with van der Waals surface area (Å²) in [6.07, 6.45) is 0.323. The number of nitrogens with zero attached hydrogens (tertiary/aromatic N) is 1. The van der Waals surface area contributed by atoms with Gasteiger partial charge in [-0.3, -0.25) is 5.32 Å². The quantitative estimate of drug-likeness (QED) is 0.518. The van der Waals surface area contributed by atoms with Crippen LogP contribution in [0.5, 0.6) is 0 Å². The lowest BCUT2D eigenvalue weighted by Crippen LogP contribution is -2.21. The fraction of sp³-hybridized carbons (Fsp3) is 0.833. The second kappa shape index (κ2) is 1.96. The normalized spacial score (nSPS) is 42.6. The maximum Gasteiger partial charge on any atom is 0.123 e. The van der Waals surface area contributed by atoms with Crippen molar-refractivity contribution in [2.45, 2.75) is 25.1 Å². The molecule has 0 aromatic rings. The predicted octanol–water partition coefficient (Wildman–Crippen LogP) is 0.600. The molecule has 1 N–H and O–H groups in total. The molecule has 1 fully saturated rings. The van der Waals surface area contributed by atoms with Crippen molar-refractivity contribution in [2.24, 2.45) is 0 Å². The van der Waals surface area contributed by atoms with E-state index in [1.54, 1.807) is 0 Å². The minimum absolute atomic E-state index is 0.278. The molecule has 0 saturated carbocycles. The molecule has 3 heteroatoms. The summed E-state index contributed by atoms with van der Waals surface area (Å²) in [6.45, 7) is 1.82. The zero-order chi connectivity index (χ0) is 6.91. The second-order valence-electron chi connectivity index (χ2n) is 2.68. The van der Waals surface area contributed by atoms with Crippen LogP contribution in [0.2, 0.25) is 0 Å². The molecular formula is C6H9FN2. The summed E-state index contributed by atoms with van der Waals surface area (Å²) in [7, 11) is 0. The molecular weight excluding hydrogens is 119 g/mol. The molecule has 2 atom stereocenters. The minimum atomic E-state index is -1.17. The van der Waals surface area contributed by atoms with Gasteiger partial charge in [-0.25, -0.2) is 4.39 Å². The van der Waals surface area contributed by atoms with Gasteiger partial charge < -0.3 is 0 Å². The highest BCUT2D eigenvalue weighted by molar-refractivity contribution is 5.02. The van der Waals surface area contributed by atoms with Crippen LogP contribution in [0.4, 0.5) is 4.39 Å². The van der Waals surface area contributed by atoms with Gasteiger partial charge in [-0.2, -0.15) is 5.26 Å². The molecule has 1 heterocycles. The molecule has 0 aliphatic carbocycles. The third-order valence-corrected chi connectivity index (χ3v) is 1.50. The summed E-state index contributed by atoms with van der Waals surface area (Å²) < 4.78 is 12.8. The van der Waals surface area contributed by atoms with E-state index in [1.165, 1.54) is 6.92 Å². The Morgan fingerprint density at radius 2 is 2.56 bits per heavy atom. The van der Waals surface area contributed by atoms with Crippen LogP contribution in [0.3, 0.4) is 0 Å². The molecule has 0 aromatic carbocycles. The van der Waals surface area contributed by atoms with Crippen LogP contribution < -0.4 is 5.32 Å². The van der Waals surface area contributed by atoms with E-state index < -0.39 is 5.67 Å². The van der Waals surface area contributed by atoms with Gasteiger partial charge in [0.05, 0.1) is 12.1 Å². The number of halogens is 1. The first kappa shape index (κ1) is 6.50. The first-order chi connectivity index (χ1) is 4.14.